The van der Waals surface area contributed by atoms with Gasteiger partial charge in [0.25, 0.3) is 10.0 Å². The van der Waals surface area contributed by atoms with Crippen molar-refractivity contribution < 1.29 is 22.4 Å². The maximum Gasteiger partial charge on any atom is 0.264 e. The molecule has 0 aromatic heterocycles. The van der Waals surface area contributed by atoms with Gasteiger partial charge in [0.15, 0.2) is 0 Å². The summed E-state index contributed by atoms with van der Waals surface area (Å²) in [5.41, 5.74) is 0.973. The van der Waals surface area contributed by atoms with Crippen molar-refractivity contribution in [1.82, 2.24) is 10.2 Å². The molecule has 45 heavy (non-hydrogen) atoms. The Labute approximate surface area is 273 Å². The van der Waals surface area contributed by atoms with Gasteiger partial charge in [-0.15, -0.1) is 0 Å². The molecule has 0 aliphatic rings. The van der Waals surface area contributed by atoms with Crippen LogP contribution in [0.15, 0.2) is 108 Å². The molecule has 0 radical (unpaired) electrons. The second-order valence-corrected chi connectivity index (χ2v) is 13.6. The molecule has 1 N–H and O–H groups in total. The van der Waals surface area contributed by atoms with Crippen LogP contribution in [0.2, 0.25) is 10.0 Å². The zero-order valence-corrected chi connectivity index (χ0v) is 27.2. The van der Waals surface area contributed by atoms with Crippen LogP contribution in [-0.4, -0.2) is 44.3 Å². The zero-order valence-electron chi connectivity index (χ0n) is 24.9. The second kappa shape index (κ2) is 15.4. The number of carbonyl (C=O) groups is 2. The van der Waals surface area contributed by atoms with Gasteiger partial charge < -0.3 is 10.2 Å². The zero-order chi connectivity index (χ0) is 32.6. The molecule has 0 unspecified atom stereocenters. The average molecular weight is 671 g/mol. The smallest absolute Gasteiger partial charge is 0.264 e. The Morgan fingerprint density at radius 2 is 1.49 bits per heavy atom. The van der Waals surface area contributed by atoms with Crippen molar-refractivity contribution >= 4 is 50.7 Å². The molecule has 236 valence electrons. The van der Waals surface area contributed by atoms with E-state index in [0.29, 0.717) is 17.1 Å². The normalized spacial score (nSPS) is 12.0. The number of hydrogen-bond donors (Lipinski definition) is 1. The van der Waals surface area contributed by atoms with E-state index in [-0.39, 0.29) is 34.5 Å². The molecule has 0 aliphatic heterocycles. The van der Waals surface area contributed by atoms with Gasteiger partial charge in [0.1, 0.15) is 18.4 Å². The van der Waals surface area contributed by atoms with Crippen LogP contribution in [0.4, 0.5) is 10.1 Å². The molecule has 0 fully saturated rings. The number of rotatable bonds is 13. The van der Waals surface area contributed by atoms with Gasteiger partial charge in [-0.3, -0.25) is 13.9 Å². The number of para-hydroxylation sites is 1. The summed E-state index contributed by atoms with van der Waals surface area (Å²) in [7, 11) is -4.42. The molecule has 0 saturated carbocycles. The highest BCUT2D eigenvalue weighted by Gasteiger charge is 2.35. The van der Waals surface area contributed by atoms with E-state index in [1.807, 2.05) is 44.2 Å². The third kappa shape index (κ3) is 8.84. The van der Waals surface area contributed by atoms with Gasteiger partial charge in [-0.05, 0) is 53.4 Å². The summed E-state index contributed by atoms with van der Waals surface area (Å²) >= 11 is 12.7. The minimum absolute atomic E-state index is 0.121. The first kappa shape index (κ1) is 34.0. The Kier molecular flexibility index (Phi) is 11.6. The predicted molar refractivity (Wildman–Crippen MR) is 176 cm³/mol. The Bertz CT molecular complexity index is 1720. The Hall–Kier alpha value is -3.92. The molecular weight excluding hydrogens is 636 g/mol. The van der Waals surface area contributed by atoms with Crippen LogP contribution in [0, 0.1) is 11.7 Å². The summed E-state index contributed by atoms with van der Waals surface area (Å²) in [4.78, 5) is 29.4. The van der Waals surface area contributed by atoms with Crippen molar-refractivity contribution in [3.05, 3.63) is 130 Å². The van der Waals surface area contributed by atoms with Crippen LogP contribution in [-0.2, 0) is 32.6 Å². The molecule has 0 heterocycles. The Morgan fingerprint density at radius 3 is 2.11 bits per heavy atom. The number of halogens is 3. The highest BCUT2D eigenvalue weighted by molar-refractivity contribution is 7.92. The third-order valence-electron chi connectivity index (χ3n) is 7.04. The van der Waals surface area contributed by atoms with Crippen LogP contribution >= 0.6 is 23.2 Å². The summed E-state index contributed by atoms with van der Waals surface area (Å²) in [6.45, 7) is 3.33. The van der Waals surface area contributed by atoms with Gasteiger partial charge in [-0.1, -0.05) is 104 Å². The number of nitrogens with one attached hydrogen (secondary N) is 1. The Balaban J connectivity index is 1.82. The van der Waals surface area contributed by atoms with E-state index in [1.165, 1.54) is 53.4 Å². The van der Waals surface area contributed by atoms with Crippen molar-refractivity contribution in [3.63, 3.8) is 0 Å². The van der Waals surface area contributed by atoms with Gasteiger partial charge in [0.2, 0.25) is 11.8 Å². The monoisotopic (exact) mass is 669 g/mol. The van der Waals surface area contributed by atoms with Crippen molar-refractivity contribution in [2.24, 2.45) is 5.92 Å². The maximum atomic E-state index is 15.2. The Morgan fingerprint density at radius 1 is 0.867 bits per heavy atom. The minimum atomic E-state index is -4.42. The molecule has 7 nitrogen and oxygen atoms in total. The lowest BCUT2D eigenvalue weighted by atomic mass is 10.0. The van der Waals surface area contributed by atoms with Gasteiger partial charge >= 0.3 is 0 Å². The van der Waals surface area contributed by atoms with E-state index >= 15 is 4.39 Å². The molecule has 2 amide bonds. The molecule has 0 aliphatic carbocycles. The summed E-state index contributed by atoms with van der Waals surface area (Å²) < 4.78 is 43.8. The van der Waals surface area contributed by atoms with E-state index in [4.69, 9.17) is 23.2 Å². The average Bonchev–Trinajstić information content (AvgIpc) is 3.02. The largest absolute Gasteiger partial charge is 0.354 e. The number of amides is 2. The maximum absolute atomic E-state index is 15.2. The minimum Gasteiger partial charge on any atom is -0.354 e. The fourth-order valence-electron chi connectivity index (χ4n) is 4.70. The molecule has 0 spiro atoms. The summed E-state index contributed by atoms with van der Waals surface area (Å²) in [6.07, 6.45) is 0.132. The van der Waals surface area contributed by atoms with E-state index in [2.05, 4.69) is 5.32 Å². The molecular formula is C34H34Cl2FN3O4S. The standard InChI is InChI=1S/C34H34Cl2FN3O4S/c1-24(2)21-38-34(42)32(19-25-11-5-3-6-12-25)39(22-26-17-18-27(35)20-29(26)36)33(41)23-40(31-16-10-9-15-30(31)37)45(43,44)28-13-7-4-8-14-28/h3-18,20,24,32H,19,21-23H2,1-2H3,(H,38,42)/t32-/m0/s1. The summed E-state index contributed by atoms with van der Waals surface area (Å²) in [5.74, 6) is -1.85. The number of sulfonamides is 1. The fraction of sp³-hybridized carbons (Fsp3) is 0.235. The molecule has 0 saturated heterocycles. The molecule has 4 rings (SSSR count). The predicted octanol–water partition coefficient (Wildman–Crippen LogP) is 6.74. The topological polar surface area (TPSA) is 86.8 Å². The van der Waals surface area contributed by atoms with Crippen LogP contribution in [0.25, 0.3) is 0 Å². The second-order valence-electron chi connectivity index (χ2n) is 10.9. The van der Waals surface area contributed by atoms with Crippen molar-refractivity contribution in [2.45, 2.75) is 37.8 Å². The van der Waals surface area contributed by atoms with Gasteiger partial charge in [0.05, 0.1) is 10.6 Å². The quantitative estimate of drug-likeness (QED) is 0.171. The lowest BCUT2D eigenvalue weighted by Gasteiger charge is -2.34. The number of anilines is 1. The van der Waals surface area contributed by atoms with E-state index in [0.717, 1.165) is 15.9 Å². The van der Waals surface area contributed by atoms with Crippen LogP contribution in [0.1, 0.15) is 25.0 Å². The van der Waals surface area contributed by atoms with E-state index < -0.39 is 40.2 Å². The first-order valence-electron chi connectivity index (χ1n) is 14.3. The number of hydrogen-bond acceptors (Lipinski definition) is 4. The number of nitrogens with zero attached hydrogens (tertiary/aromatic N) is 2. The van der Waals surface area contributed by atoms with E-state index in [9.17, 15) is 18.0 Å². The van der Waals surface area contributed by atoms with E-state index in [1.54, 1.807) is 18.2 Å². The first-order valence-corrected chi connectivity index (χ1v) is 16.5. The lowest BCUT2D eigenvalue weighted by molar-refractivity contribution is -0.140. The molecule has 4 aromatic carbocycles. The summed E-state index contributed by atoms with van der Waals surface area (Å²) in [5, 5.41) is 3.57. The van der Waals surface area contributed by atoms with Crippen LogP contribution in [0.5, 0.6) is 0 Å². The SMILES string of the molecule is CC(C)CNC(=O)[C@H](Cc1ccccc1)N(Cc1ccc(Cl)cc1Cl)C(=O)CN(c1ccccc1F)S(=O)(=O)c1ccccc1. The van der Waals surface area contributed by atoms with Gasteiger partial charge in [-0.25, -0.2) is 12.8 Å². The van der Waals surface area contributed by atoms with Crippen molar-refractivity contribution in [2.75, 3.05) is 17.4 Å². The first-order chi connectivity index (χ1) is 21.5. The molecule has 4 aromatic rings. The summed E-state index contributed by atoms with van der Waals surface area (Å²) in [6, 6.07) is 25.7. The van der Waals surface area contributed by atoms with Crippen LogP contribution in [0.3, 0.4) is 0 Å². The fourth-order valence-corrected chi connectivity index (χ4v) is 6.61. The van der Waals surface area contributed by atoms with Crippen LogP contribution < -0.4 is 9.62 Å². The van der Waals surface area contributed by atoms with Gasteiger partial charge in [-0.2, -0.15) is 0 Å². The lowest BCUT2D eigenvalue weighted by Crippen LogP contribution is -2.53. The van der Waals surface area contributed by atoms with Crippen molar-refractivity contribution in [3.8, 4) is 0 Å². The number of benzene rings is 4. The highest BCUT2D eigenvalue weighted by Crippen LogP contribution is 2.28. The molecule has 1 atom stereocenters. The molecule has 0 bridgehead atoms. The third-order valence-corrected chi connectivity index (χ3v) is 9.40. The van der Waals surface area contributed by atoms with Crippen molar-refractivity contribution in [1.29, 1.82) is 0 Å². The van der Waals surface area contributed by atoms with Gasteiger partial charge in [0, 0.05) is 29.6 Å². The highest BCUT2D eigenvalue weighted by atomic mass is 35.5. The molecule has 11 heteroatoms. The number of carbonyl (C=O) groups excluding carboxylic acids is 2.